The number of β-amino-alcohol motifs (C(OH)–C–C–N with tert-alkyl or cyclic N) is 1. The molecule has 1 aromatic heterocycles. The van der Waals surface area contributed by atoms with Crippen molar-refractivity contribution >= 4 is 46.9 Å². The van der Waals surface area contributed by atoms with Crippen molar-refractivity contribution in [3.8, 4) is 11.5 Å². The lowest BCUT2D eigenvalue weighted by molar-refractivity contribution is -0.192. The molecular formula is C28H24ClF6N5O5. The summed E-state index contributed by atoms with van der Waals surface area (Å²) in [6.45, 7) is 1.31. The van der Waals surface area contributed by atoms with Gasteiger partial charge in [-0.05, 0) is 55.3 Å². The number of carboxylic acid groups (broad SMARTS) is 1. The molecule has 0 radical (unpaired) electrons. The molecule has 2 aliphatic rings. The molecular weight excluding hydrogens is 636 g/mol. The van der Waals surface area contributed by atoms with E-state index in [1.54, 1.807) is 23.1 Å². The monoisotopic (exact) mass is 659 g/mol. The Morgan fingerprint density at radius 1 is 1.09 bits per heavy atom. The third kappa shape index (κ3) is 8.76. The third-order valence-corrected chi connectivity index (χ3v) is 6.74. The van der Waals surface area contributed by atoms with Crippen LogP contribution in [0, 0.1) is 0 Å². The van der Waals surface area contributed by atoms with Gasteiger partial charge in [-0.15, -0.1) is 0 Å². The number of nitrogens with one attached hydrogen (secondary N) is 2. The van der Waals surface area contributed by atoms with E-state index in [0.29, 0.717) is 60.9 Å². The summed E-state index contributed by atoms with van der Waals surface area (Å²) in [5.74, 6) is -1.72. The number of carboxylic acids is 1. The number of rotatable bonds is 5. The van der Waals surface area contributed by atoms with E-state index in [-0.39, 0.29) is 22.4 Å². The summed E-state index contributed by atoms with van der Waals surface area (Å²) in [4.78, 5) is 32.2. The van der Waals surface area contributed by atoms with Crippen molar-refractivity contribution in [2.45, 2.75) is 31.3 Å². The molecule has 17 heteroatoms. The summed E-state index contributed by atoms with van der Waals surface area (Å²) in [5, 5.41) is 23.5. The number of hydrogen-bond donors (Lipinski definition) is 4. The highest BCUT2D eigenvalue weighted by atomic mass is 35.5. The number of aliphatic hydroxyl groups is 1. The Morgan fingerprint density at radius 2 is 1.82 bits per heavy atom. The van der Waals surface area contributed by atoms with Gasteiger partial charge >= 0.3 is 18.3 Å². The van der Waals surface area contributed by atoms with Crippen LogP contribution in [-0.2, 0) is 15.8 Å². The number of ether oxygens (including phenoxy) is 1. The lowest BCUT2D eigenvalue weighted by Gasteiger charge is -2.17. The first-order valence-corrected chi connectivity index (χ1v) is 13.5. The summed E-state index contributed by atoms with van der Waals surface area (Å²) in [5.41, 5.74) is 0.884. The second-order valence-electron chi connectivity index (χ2n) is 9.73. The van der Waals surface area contributed by atoms with Crippen molar-refractivity contribution in [1.29, 1.82) is 0 Å². The zero-order valence-electron chi connectivity index (χ0n) is 22.9. The number of aromatic nitrogens is 2. The van der Waals surface area contributed by atoms with Crippen LogP contribution in [0.25, 0.3) is 6.08 Å². The zero-order valence-corrected chi connectivity index (χ0v) is 23.7. The average Bonchev–Trinajstić information content (AvgIpc) is 3.28. The van der Waals surface area contributed by atoms with Crippen LogP contribution in [0.15, 0.2) is 54.4 Å². The first-order chi connectivity index (χ1) is 21.1. The van der Waals surface area contributed by atoms with Crippen LogP contribution in [0.5, 0.6) is 11.5 Å². The zero-order chi connectivity index (χ0) is 32.9. The first kappa shape index (κ1) is 33.3. The fourth-order valence-electron chi connectivity index (χ4n) is 4.29. The molecule has 3 aromatic rings. The van der Waals surface area contributed by atoms with Gasteiger partial charge in [-0.3, -0.25) is 4.79 Å². The van der Waals surface area contributed by atoms with Crippen molar-refractivity contribution < 1.29 is 50.9 Å². The van der Waals surface area contributed by atoms with Gasteiger partial charge in [-0.25, -0.2) is 14.8 Å². The van der Waals surface area contributed by atoms with Gasteiger partial charge in [0, 0.05) is 30.9 Å². The Hall–Kier alpha value is -4.57. The number of hydrogen-bond acceptors (Lipinski definition) is 8. The Bertz CT molecular complexity index is 1600. The van der Waals surface area contributed by atoms with Gasteiger partial charge in [-0.1, -0.05) is 17.7 Å². The lowest BCUT2D eigenvalue weighted by Crippen LogP contribution is -2.31. The minimum absolute atomic E-state index is 0.00230. The van der Waals surface area contributed by atoms with E-state index >= 15 is 0 Å². The molecule has 240 valence electrons. The molecule has 1 atom stereocenters. The molecule has 1 fully saturated rings. The van der Waals surface area contributed by atoms with Crippen LogP contribution < -0.4 is 15.4 Å². The topological polar surface area (TPSA) is 137 Å². The number of carbonyl (C=O) groups excluding carboxylic acids is 1. The maximum Gasteiger partial charge on any atom is 0.490 e. The molecule has 1 unspecified atom stereocenters. The van der Waals surface area contributed by atoms with E-state index in [1.807, 2.05) is 0 Å². The van der Waals surface area contributed by atoms with E-state index in [1.165, 1.54) is 24.5 Å². The van der Waals surface area contributed by atoms with Crippen LogP contribution in [0.3, 0.4) is 0 Å². The predicted molar refractivity (Wildman–Crippen MR) is 150 cm³/mol. The van der Waals surface area contributed by atoms with Crippen molar-refractivity contribution in [2.24, 2.45) is 0 Å². The molecule has 2 aliphatic heterocycles. The minimum atomic E-state index is -5.08. The van der Waals surface area contributed by atoms with Crippen LogP contribution in [-0.4, -0.2) is 68.9 Å². The molecule has 0 saturated carbocycles. The fourth-order valence-corrected chi connectivity index (χ4v) is 4.51. The number of anilines is 3. The van der Waals surface area contributed by atoms with Gasteiger partial charge in [0.2, 0.25) is 5.91 Å². The quantitative estimate of drug-likeness (QED) is 0.239. The number of aliphatic carboxylic acids is 1. The molecule has 0 bridgehead atoms. The summed E-state index contributed by atoms with van der Waals surface area (Å²) < 4.78 is 76.4. The minimum Gasteiger partial charge on any atom is -0.475 e. The highest BCUT2D eigenvalue weighted by Crippen LogP contribution is 2.37. The number of benzene rings is 2. The predicted octanol–water partition coefficient (Wildman–Crippen LogP) is 6.11. The lowest BCUT2D eigenvalue weighted by atomic mass is 10.1. The van der Waals surface area contributed by atoms with Crippen molar-refractivity contribution in [1.82, 2.24) is 14.9 Å². The fraction of sp³-hybridized carbons (Fsp3) is 0.286. The third-order valence-electron chi connectivity index (χ3n) is 6.44. The van der Waals surface area contributed by atoms with Crippen molar-refractivity contribution in [2.75, 3.05) is 30.3 Å². The molecule has 0 spiro atoms. The molecule has 2 aromatic carbocycles. The number of likely N-dealkylation sites (tertiary alicyclic amines) is 1. The molecule has 5 rings (SSSR count). The number of carbonyl (C=O) groups is 2. The molecule has 3 heterocycles. The van der Waals surface area contributed by atoms with Crippen LogP contribution >= 0.6 is 11.6 Å². The van der Waals surface area contributed by atoms with Gasteiger partial charge in [0.05, 0.1) is 22.3 Å². The standard InChI is InChI=1S/C26H23ClF3N5O3.C2HF3O2/c27-21-12-17(4-5-22(21)38-19-3-1-2-16(11-19)26(28,29)30)34-24-20-10-15(6-8-31-23(20)32-14-33-24)25(37)35-9-7-18(36)13-35;3-2(4,5)1(6)7/h1-5,10-12,14,18,36H,6-9,13H2,(H2,31,32,33,34);(H,6,7). The van der Waals surface area contributed by atoms with E-state index in [4.69, 9.17) is 26.2 Å². The van der Waals surface area contributed by atoms with E-state index in [9.17, 15) is 36.2 Å². The van der Waals surface area contributed by atoms with Crippen molar-refractivity contribution in [3.63, 3.8) is 0 Å². The maximum atomic E-state index is 13.1. The molecule has 45 heavy (non-hydrogen) atoms. The van der Waals surface area contributed by atoms with E-state index < -0.39 is 30.0 Å². The van der Waals surface area contributed by atoms with E-state index in [2.05, 4.69) is 20.6 Å². The van der Waals surface area contributed by atoms with Crippen LogP contribution in [0.2, 0.25) is 5.02 Å². The maximum absolute atomic E-state index is 13.1. The number of nitrogens with zero attached hydrogens (tertiary/aromatic N) is 3. The number of amides is 1. The highest BCUT2D eigenvalue weighted by molar-refractivity contribution is 6.32. The first-order valence-electron chi connectivity index (χ1n) is 13.1. The highest BCUT2D eigenvalue weighted by Gasteiger charge is 2.38. The molecule has 1 saturated heterocycles. The van der Waals surface area contributed by atoms with E-state index in [0.717, 1.165) is 12.1 Å². The molecule has 4 N–H and O–H groups in total. The molecule has 0 aliphatic carbocycles. The number of halogens is 7. The summed E-state index contributed by atoms with van der Waals surface area (Å²) in [6.07, 6.45) is -5.92. The summed E-state index contributed by atoms with van der Waals surface area (Å²) in [6, 6.07) is 9.28. The Kier molecular flexibility index (Phi) is 10.1. The van der Waals surface area contributed by atoms with Gasteiger partial charge < -0.3 is 30.5 Å². The normalized spacial score (nSPS) is 16.3. The second-order valence-corrected chi connectivity index (χ2v) is 10.1. The summed E-state index contributed by atoms with van der Waals surface area (Å²) in [7, 11) is 0. The molecule has 1 amide bonds. The number of alkyl halides is 6. The van der Waals surface area contributed by atoms with Gasteiger partial charge in [0.1, 0.15) is 29.5 Å². The van der Waals surface area contributed by atoms with Gasteiger partial charge in [0.15, 0.2) is 0 Å². The molecule has 10 nitrogen and oxygen atoms in total. The SMILES string of the molecule is O=C(C1=Cc2c(ncnc2Nc2ccc(Oc3cccc(C(F)(F)F)c3)c(Cl)c2)NCC1)N1CCC(O)C1.O=C(O)C(F)(F)F. The van der Waals surface area contributed by atoms with Crippen LogP contribution in [0.1, 0.15) is 24.0 Å². The summed E-state index contributed by atoms with van der Waals surface area (Å²) >= 11 is 6.38. The average molecular weight is 660 g/mol. The smallest absolute Gasteiger partial charge is 0.475 e. The largest absolute Gasteiger partial charge is 0.490 e. The Labute approximate surface area is 256 Å². The van der Waals surface area contributed by atoms with Gasteiger partial charge in [-0.2, -0.15) is 26.3 Å². The second kappa shape index (κ2) is 13.6. The number of fused-ring (bicyclic) bond motifs is 1. The van der Waals surface area contributed by atoms with Crippen molar-refractivity contribution in [3.05, 3.63) is 70.5 Å². The Morgan fingerprint density at radius 3 is 2.44 bits per heavy atom. The van der Waals surface area contributed by atoms with Gasteiger partial charge in [0.25, 0.3) is 0 Å². The number of aliphatic hydroxyl groups excluding tert-OH is 1. The van der Waals surface area contributed by atoms with Crippen LogP contribution in [0.4, 0.5) is 43.7 Å². The Balaban J connectivity index is 0.000000591.